The summed E-state index contributed by atoms with van der Waals surface area (Å²) in [6.45, 7) is 7.75. The summed E-state index contributed by atoms with van der Waals surface area (Å²) < 4.78 is 0. The van der Waals surface area contributed by atoms with Crippen molar-refractivity contribution in [3.63, 3.8) is 0 Å². The summed E-state index contributed by atoms with van der Waals surface area (Å²) >= 11 is 12.1. The largest absolute Gasteiger partial charge is 0.369 e. The van der Waals surface area contributed by atoms with Gasteiger partial charge in [-0.25, -0.2) is 0 Å². The van der Waals surface area contributed by atoms with Crippen molar-refractivity contribution in [1.29, 1.82) is 0 Å². The van der Waals surface area contributed by atoms with Crippen LogP contribution in [0.4, 0.5) is 5.69 Å². The average Bonchev–Trinajstić information content (AvgIpc) is 2.34. The van der Waals surface area contributed by atoms with Crippen LogP contribution in [-0.2, 0) is 5.88 Å². The van der Waals surface area contributed by atoms with Crippen LogP contribution in [0.2, 0.25) is 5.02 Å². The Bertz CT molecular complexity index is 364. The van der Waals surface area contributed by atoms with Gasteiger partial charge in [-0.2, -0.15) is 0 Å². The Labute approximate surface area is 121 Å². The molecule has 0 amide bonds. The van der Waals surface area contributed by atoms with Crippen molar-refractivity contribution in [1.82, 2.24) is 0 Å². The molecule has 1 aromatic rings. The van der Waals surface area contributed by atoms with E-state index < -0.39 is 0 Å². The fourth-order valence-electron chi connectivity index (χ4n) is 2.04. The maximum atomic E-state index is 6.23. The molecule has 0 saturated carbocycles. The van der Waals surface area contributed by atoms with Crippen LogP contribution in [0.5, 0.6) is 0 Å². The lowest BCUT2D eigenvalue weighted by Gasteiger charge is -2.29. The van der Waals surface area contributed by atoms with Crippen LogP contribution in [0.1, 0.15) is 45.6 Å². The summed E-state index contributed by atoms with van der Waals surface area (Å²) in [5, 5.41) is 0.767. The van der Waals surface area contributed by atoms with Crippen molar-refractivity contribution in [2.75, 3.05) is 11.4 Å². The highest BCUT2D eigenvalue weighted by Crippen LogP contribution is 2.26. The summed E-state index contributed by atoms with van der Waals surface area (Å²) in [6.07, 6.45) is 3.75. The van der Waals surface area contributed by atoms with Crippen LogP contribution in [-0.4, -0.2) is 12.6 Å². The average molecular weight is 288 g/mol. The molecule has 1 aromatic carbocycles. The van der Waals surface area contributed by atoms with Gasteiger partial charge >= 0.3 is 0 Å². The maximum absolute atomic E-state index is 6.23. The van der Waals surface area contributed by atoms with Gasteiger partial charge in [0.2, 0.25) is 0 Å². The maximum Gasteiger partial charge on any atom is 0.0488 e. The molecule has 0 atom stereocenters. The highest BCUT2D eigenvalue weighted by Gasteiger charge is 2.11. The normalized spacial score (nSPS) is 11.0. The van der Waals surface area contributed by atoms with Crippen molar-refractivity contribution >= 4 is 28.9 Å². The fraction of sp³-hybridized carbons (Fsp3) is 0.600. The van der Waals surface area contributed by atoms with Crippen LogP contribution in [0.15, 0.2) is 18.2 Å². The summed E-state index contributed by atoms with van der Waals surface area (Å²) in [5.41, 5.74) is 2.19. The minimum atomic E-state index is 0.469. The van der Waals surface area contributed by atoms with E-state index in [1.165, 1.54) is 24.9 Å². The van der Waals surface area contributed by atoms with E-state index in [2.05, 4.69) is 31.7 Å². The van der Waals surface area contributed by atoms with E-state index in [1.54, 1.807) is 0 Å². The lowest BCUT2D eigenvalue weighted by atomic mass is 10.1. The molecule has 102 valence electrons. The molecule has 3 heteroatoms. The number of unbranched alkanes of at least 4 members (excludes halogenated alkanes) is 2. The molecule has 0 unspecified atom stereocenters. The molecule has 0 aliphatic carbocycles. The number of rotatable bonds is 7. The Morgan fingerprint density at radius 2 is 1.94 bits per heavy atom. The molecule has 0 fully saturated rings. The first-order valence-corrected chi connectivity index (χ1v) is 7.62. The van der Waals surface area contributed by atoms with Gasteiger partial charge in [-0.1, -0.05) is 37.4 Å². The van der Waals surface area contributed by atoms with E-state index in [0.717, 1.165) is 17.1 Å². The molecule has 1 rings (SSSR count). The first kappa shape index (κ1) is 15.7. The fourth-order valence-corrected chi connectivity index (χ4v) is 2.58. The van der Waals surface area contributed by atoms with E-state index in [-0.39, 0.29) is 0 Å². The van der Waals surface area contributed by atoms with Gasteiger partial charge in [0.1, 0.15) is 0 Å². The van der Waals surface area contributed by atoms with Gasteiger partial charge in [-0.15, -0.1) is 11.6 Å². The molecular weight excluding hydrogens is 265 g/mol. The second-order valence-corrected chi connectivity index (χ2v) is 5.58. The molecule has 1 nitrogen and oxygen atoms in total. The van der Waals surface area contributed by atoms with Crippen molar-refractivity contribution in [3.05, 3.63) is 28.8 Å². The standard InChI is InChI=1S/C15H23Cl2N/c1-4-5-6-9-18(12(2)3)14-8-7-13(11-16)15(17)10-14/h7-8,10,12H,4-6,9,11H2,1-3H3. The Kier molecular flexibility index (Phi) is 6.88. The summed E-state index contributed by atoms with van der Waals surface area (Å²) in [4.78, 5) is 2.40. The highest BCUT2D eigenvalue weighted by atomic mass is 35.5. The molecule has 0 bridgehead atoms. The predicted octanol–water partition coefficient (Wildman–Crippen LogP) is 5.48. The zero-order chi connectivity index (χ0) is 13.5. The van der Waals surface area contributed by atoms with Gasteiger partial charge in [-0.3, -0.25) is 0 Å². The molecule has 0 aliphatic heterocycles. The van der Waals surface area contributed by atoms with E-state index in [9.17, 15) is 0 Å². The summed E-state index contributed by atoms with van der Waals surface area (Å²) in [6, 6.07) is 6.67. The van der Waals surface area contributed by atoms with Gasteiger partial charge in [0.15, 0.2) is 0 Å². The van der Waals surface area contributed by atoms with Gasteiger partial charge in [0, 0.05) is 29.2 Å². The van der Waals surface area contributed by atoms with Crippen LogP contribution < -0.4 is 4.90 Å². The highest BCUT2D eigenvalue weighted by molar-refractivity contribution is 6.32. The Morgan fingerprint density at radius 1 is 1.22 bits per heavy atom. The third kappa shape index (κ3) is 4.37. The van der Waals surface area contributed by atoms with E-state index >= 15 is 0 Å². The molecule has 0 N–H and O–H groups in total. The third-order valence-electron chi connectivity index (χ3n) is 3.14. The molecular formula is C15H23Cl2N. The topological polar surface area (TPSA) is 3.24 Å². The van der Waals surface area contributed by atoms with E-state index in [0.29, 0.717) is 11.9 Å². The predicted molar refractivity (Wildman–Crippen MR) is 83.0 cm³/mol. The Balaban J connectivity index is 2.82. The quantitative estimate of drug-likeness (QED) is 0.474. The number of hydrogen-bond acceptors (Lipinski definition) is 1. The number of hydrogen-bond donors (Lipinski definition) is 0. The van der Waals surface area contributed by atoms with Crippen LogP contribution in [0.25, 0.3) is 0 Å². The van der Waals surface area contributed by atoms with Crippen molar-refractivity contribution in [2.45, 2.75) is 52.0 Å². The minimum Gasteiger partial charge on any atom is -0.369 e. The summed E-state index contributed by atoms with van der Waals surface area (Å²) in [7, 11) is 0. The van der Waals surface area contributed by atoms with E-state index in [1.807, 2.05) is 12.1 Å². The molecule has 0 saturated heterocycles. The number of anilines is 1. The second kappa shape index (κ2) is 7.91. The molecule has 18 heavy (non-hydrogen) atoms. The molecule has 0 spiro atoms. The van der Waals surface area contributed by atoms with Crippen molar-refractivity contribution in [3.8, 4) is 0 Å². The molecule has 0 aromatic heterocycles. The lowest BCUT2D eigenvalue weighted by Crippen LogP contribution is -2.31. The smallest absolute Gasteiger partial charge is 0.0488 e. The minimum absolute atomic E-state index is 0.469. The second-order valence-electron chi connectivity index (χ2n) is 4.90. The number of alkyl halides is 1. The first-order valence-electron chi connectivity index (χ1n) is 6.71. The lowest BCUT2D eigenvalue weighted by molar-refractivity contribution is 0.626. The van der Waals surface area contributed by atoms with Crippen LogP contribution in [0, 0.1) is 0 Å². The molecule has 0 aliphatic rings. The van der Waals surface area contributed by atoms with Gasteiger partial charge in [0.25, 0.3) is 0 Å². The van der Waals surface area contributed by atoms with Gasteiger partial charge in [0.05, 0.1) is 0 Å². The SMILES string of the molecule is CCCCCN(c1ccc(CCl)c(Cl)c1)C(C)C. The number of benzene rings is 1. The Hall–Kier alpha value is -0.400. The molecule has 0 heterocycles. The third-order valence-corrected chi connectivity index (χ3v) is 3.78. The summed E-state index contributed by atoms with van der Waals surface area (Å²) in [5.74, 6) is 0.469. The van der Waals surface area contributed by atoms with Crippen LogP contribution >= 0.6 is 23.2 Å². The zero-order valence-electron chi connectivity index (χ0n) is 11.5. The Morgan fingerprint density at radius 3 is 2.44 bits per heavy atom. The molecule has 0 radical (unpaired) electrons. The monoisotopic (exact) mass is 287 g/mol. The first-order chi connectivity index (χ1) is 8.60. The zero-order valence-corrected chi connectivity index (χ0v) is 13.1. The van der Waals surface area contributed by atoms with Gasteiger partial charge in [-0.05, 0) is 38.0 Å². The number of halogens is 2. The van der Waals surface area contributed by atoms with Gasteiger partial charge < -0.3 is 4.90 Å². The van der Waals surface area contributed by atoms with E-state index in [4.69, 9.17) is 23.2 Å². The van der Waals surface area contributed by atoms with Crippen LogP contribution in [0.3, 0.4) is 0 Å². The number of nitrogens with zero attached hydrogens (tertiary/aromatic N) is 1. The van der Waals surface area contributed by atoms with Crippen molar-refractivity contribution < 1.29 is 0 Å². The van der Waals surface area contributed by atoms with Crippen molar-refractivity contribution in [2.24, 2.45) is 0 Å².